The summed E-state index contributed by atoms with van der Waals surface area (Å²) in [6.07, 6.45) is 0. The Hall–Kier alpha value is -2.10. The highest BCUT2D eigenvalue weighted by Crippen LogP contribution is 2.32. The molecule has 0 spiro atoms. The Labute approximate surface area is 112 Å². The lowest BCUT2D eigenvalue weighted by Crippen LogP contribution is -2.51. The van der Waals surface area contributed by atoms with Crippen molar-refractivity contribution >= 4 is 17.4 Å². The van der Waals surface area contributed by atoms with Crippen molar-refractivity contribution in [3.8, 4) is 0 Å². The Kier molecular flexibility index (Phi) is 3.18. The Morgan fingerprint density at radius 2 is 1.84 bits per heavy atom. The largest absolute Gasteiger partial charge is 0.480 e. The Morgan fingerprint density at radius 1 is 1.26 bits per heavy atom. The van der Waals surface area contributed by atoms with E-state index in [0.717, 1.165) is 11.1 Å². The molecule has 4 nitrogen and oxygen atoms in total. The molecule has 1 aromatic rings. The van der Waals surface area contributed by atoms with Crippen LogP contribution in [-0.2, 0) is 9.59 Å². The molecule has 2 rings (SSSR count). The summed E-state index contributed by atoms with van der Waals surface area (Å²) >= 11 is 0. The smallest absolute Gasteiger partial charge is 0.329 e. The van der Waals surface area contributed by atoms with Gasteiger partial charge in [-0.25, -0.2) is 4.79 Å². The van der Waals surface area contributed by atoms with Crippen LogP contribution in [0.25, 0.3) is 5.57 Å². The van der Waals surface area contributed by atoms with Crippen LogP contribution in [0.2, 0.25) is 0 Å². The van der Waals surface area contributed by atoms with E-state index in [1.165, 1.54) is 4.90 Å². The van der Waals surface area contributed by atoms with Crippen molar-refractivity contribution in [1.29, 1.82) is 0 Å². The van der Waals surface area contributed by atoms with Gasteiger partial charge in [-0.1, -0.05) is 30.3 Å². The van der Waals surface area contributed by atoms with Gasteiger partial charge in [0.25, 0.3) is 5.91 Å². The second-order valence-electron chi connectivity index (χ2n) is 5.28. The summed E-state index contributed by atoms with van der Waals surface area (Å²) in [7, 11) is 0. The van der Waals surface area contributed by atoms with Gasteiger partial charge < -0.3 is 10.0 Å². The van der Waals surface area contributed by atoms with E-state index < -0.39 is 11.5 Å². The summed E-state index contributed by atoms with van der Waals surface area (Å²) in [4.78, 5) is 25.2. The number of aliphatic carboxylic acids is 1. The summed E-state index contributed by atoms with van der Waals surface area (Å²) in [5, 5.41) is 9.25. The molecule has 0 fully saturated rings. The highest BCUT2D eigenvalue weighted by molar-refractivity contribution is 6.23. The van der Waals surface area contributed by atoms with Crippen LogP contribution >= 0.6 is 0 Å². The number of rotatable bonds is 3. The number of carboxylic acids is 1. The zero-order valence-electron chi connectivity index (χ0n) is 11.3. The van der Waals surface area contributed by atoms with E-state index in [1.54, 1.807) is 13.8 Å². The molecule has 0 saturated carbocycles. The third-order valence-electron chi connectivity index (χ3n) is 3.54. The van der Waals surface area contributed by atoms with Gasteiger partial charge in [0.05, 0.1) is 0 Å². The first-order valence-corrected chi connectivity index (χ1v) is 6.16. The molecule has 0 atom stereocenters. The molecule has 1 amide bonds. The normalized spacial score (nSPS) is 16.2. The average molecular weight is 259 g/mol. The Morgan fingerprint density at radius 3 is 2.37 bits per heavy atom. The number of carbonyl (C=O) groups excluding carboxylic acids is 1. The van der Waals surface area contributed by atoms with Crippen molar-refractivity contribution in [2.45, 2.75) is 26.3 Å². The summed E-state index contributed by atoms with van der Waals surface area (Å²) in [5.74, 6) is -1.21. The Bertz CT molecular complexity index is 558. The number of carbonyl (C=O) groups is 2. The van der Waals surface area contributed by atoms with Gasteiger partial charge in [0.1, 0.15) is 5.54 Å². The number of hydrogen-bond acceptors (Lipinski definition) is 2. The van der Waals surface area contributed by atoms with Crippen molar-refractivity contribution in [3.05, 3.63) is 41.5 Å². The zero-order valence-corrected chi connectivity index (χ0v) is 11.3. The first-order chi connectivity index (χ1) is 8.85. The van der Waals surface area contributed by atoms with Gasteiger partial charge in [-0.15, -0.1) is 0 Å². The minimum atomic E-state index is -1.20. The lowest BCUT2D eigenvalue weighted by molar-refractivity contribution is -0.153. The molecule has 0 radical (unpaired) electrons. The van der Waals surface area contributed by atoms with E-state index in [9.17, 15) is 14.7 Å². The standard InChI is InChI=1S/C15H17NO3/c1-10-9-16(15(2,3)14(18)19)13(17)12(10)11-7-5-4-6-8-11/h4-8H,9H2,1-3H3,(H,18,19). The fourth-order valence-electron chi connectivity index (χ4n) is 2.25. The molecule has 0 saturated heterocycles. The predicted octanol–water partition coefficient (Wildman–Crippen LogP) is 2.17. The van der Waals surface area contributed by atoms with Crippen LogP contribution in [0.4, 0.5) is 0 Å². The molecule has 19 heavy (non-hydrogen) atoms. The van der Waals surface area contributed by atoms with Gasteiger partial charge in [0.2, 0.25) is 0 Å². The van der Waals surface area contributed by atoms with Gasteiger partial charge in [0.15, 0.2) is 0 Å². The van der Waals surface area contributed by atoms with Crippen LogP contribution in [0.5, 0.6) is 0 Å². The number of benzene rings is 1. The molecule has 1 aromatic carbocycles. The molecule has 1 N–H and O–H groups in total. The van der Waals surface area contributed by atoms with Crippen molar-refractivity contribution in [2.75, 3.05) is 6.54 Å². The van der Waals surface area contributed by atoms with Crippen LogP contribution < -0.4 is 0 Å². The van der Waals surface area contributed by atoms with Crippen molar-refractivity contribution < 1.29 is 14.7 Å². The zero-order chi connectivity index (χ0) is 14.2. The van der Waals surface area contributed by atoms with E-state index in [0.29, 0.717) is 12.1 Å². The maximum atomic E-state index is 12.5. The molecule has 4 heteroatoms. The summed E-state index contributed by atoms with van der Waals surface area (Å²) in [6.45, 7) is 5.34. The van der Waals surface area contributed by atoms with Crippen molar-refractivity contribution in [2.24, 2.45) is 0 Å². The molecule has 0 unspecified atom stereocenters. The molecule has 0 bridgehead atoms. The highest BCUT2D eigenvalue weighted by atomic mass is 16.4. The Balaban J connectivity index is 2.38. The van der Waals surface area contributed by atoms with E-state index in [1.807, 2.05) is 37.3 Å². The van der Waals surface area contributed by atoms with Crippen molar-refractivity contribution in [1.82, 2.24) is 4.90 Å². The lowest BCUT2D eigenvalue weighted by atomic mass is 10.0. The molecule has 0 aromatic heterocycles. The predicted molar refractivity (Wildman–Crippen MR) is 72.5 cm³/mol. The molecule has 0 aliphatic carbocycles. The van der Waals surface area contributed by atoms with E-state index in [2.05, 4.69) is 0 Å². The molecule has 100 valence electrons. The minimum Gasteiger partial charge on any atom is -0.480 e. The third-order valence-corrected chi connectivity index (χ3v) is 3.54. The topological polar surface area (TPSA) is 57.6 Å². The van der Waals surface area contributed by atoms with E-state index in [4.69, 9.17) is 0 Å². The summed E-state index contributed by atoms with van der Waals surface area (Å²) in [6, 6.07) is 9.36. The first-order valence-electron chi connectivity index (χ1n) is 6.16. The molecular weight excluding hydrogens is 242 g/mol. The number of nitrogens with zero attached hydrogens (tertiary/aromatic N) is 1. The summed E-state index contributed by atoms with van der Waals surface area (Å²) in [5.41, 5.74) is 1.17. The highest BCUT2D eigenvalue weighted by Gasteiger charge is 2.42. The van der Waals surface area contributed by atoms with Gasteiger partial charge in [0, 0.05) is 12.1 Å². The lowest BCUT2D eigenvalue weighted by Gasteiger charge is -2.31. The number of amides is 1. The second kappa shape index (κ2) is 4.53. The average Bonchev–Trinajstić information content (AvgIpc) is 2.66. The molecule has 1 heterocycles. The van der Waals surface area contributed by atoms with Gasteiger partial charge in [-0.05, 0) is 31.9 Å². The van der Waals surface area contributed by atoms with Gasteiger partial charge in [-0.2, -0.15) is 0 Å². The van der Waals surface area contributed by atoms with E-state index in [-0.39, 0.29) is 5.91 Å². The third kappa shape index (κ3) is 2.14. The first kappa shape index (κ1) is 13.3. The molecule has 1 aliphatic heterocycles. The fourth-order valence-corrected chi connectivity index (χ4v) is 2.25. The minimum absolute atomic E-state index is 0.212. The second-order valence-corrected chi connectivity index (χ2v) is 5.28. The number of hydrogen-bond donors (Lipinski definition) is 1. The van der Waals surface area contributed by atoms with Crippen LogP contribution in [0, 0.1) is 0 Å². The monoisotopic (exact) mass is 259 g/mol. The molecule has 1 aliphatic rings. The van der Waals surface area contributed by atoms with Gasteiger partial charge in [-0.3, -0.25) is 4.79 Å². The fraction of sp³-hybridized carbons (Fsp3) is 0.333. The molecular formula is C15H17NO3. The summed E-state index contributed by atoms with van der Waals surface area (Å²) < 4.78 is 0. The van der Waals surface area contributed by atoms with Crippen LogP contribution in [0.15, 0.2) is 35.9 Å². The van der Waals surface area contributed by atoms with Crippen LogP contribution in [0.1, 0.15) is 26.3 Å². The maximum Gasteiger partial charge on any atom is 0.329 e. The van der Waals surface area contributed by atoms with E-state index >= 15 is 0 Å². The number of carboxylic acid groups (broad SMARTS) is 1. The van der Waals surface area contributed by atoms with Gasteiger partial charge >= 0.3 is 5.97 Å². The van der Waals surface area contributed by atoms with Crippen molar-refractivity contribution in [3.63, 3.8) is 0 Å². The van der Waals surface area contributed by atoms with Crippen LogP contribution in [-0.4, -0.2) is 34.0 Å². The quantitative estimate of drug-likeness (QED) is 0.905. The van der Waals surface area contributed by atoms with Crippen LogP contribution in [0.3, 0.4) is 0 Å². The SMILES string of the molecule is CC1=C(c2ccccc2)C(=O)N(C(C)(C)C(=O)O)C1. The maximum absolute atomic E-state index is 12.5.